The normalized spacial score (nSPS) is 15.2. The number of aromatic hydroxyl groups is 1. The summed E-state index contributed by atoms with van der Waals surface area (Å²) in [4.78, 5) is 33.1. The van der Waals surface area contributed by atoms with Crippen LogP contribution >= 0.6 is 15.9 Å². The molecule has 1 atom stereocenters. The molecule has 0 aliphatic carbocycles. The third kappa shape index (κ3) is 3.47. The summed E-state index contributed by atoms with van der Waals surface area (Å²) in [5.74, 6) is 0.144. The van der Waals surface area contributed by atoms with E-state index in [0.717, 1.165) is 10.0 Å². The van der Waals surface area contributed by atoms with Crippen molar-refractivity contribution in [2.45, 2.75) is 19.9 Å². The first-order chi connectivity index (χ1) is 15.9. The summed E-state index contributed by atoms with van der Waals surface area (Å²) in [6.07, 6.45) is 1.66. The molecule has 1 amide bonds. The first-order valence-electron chi connectivity index (χ1n) is 10.4. The van der Waals surface area contributed by atoms with Crippen LogP contribution in [0.15, 0.2) is 68.4 Å². The predicted octanol–water partition coefficient (Wildman–Crippen LogP) is 5.11. The standard InChI is InChI=1S/C25H19BrN2O5/c1-3-32-19-10-14(5-7-17(19)29)22-21-23(30)16-11-15(26)6-8-18(16)33-24(21)25(31)28(22)20-9-4-13(2)12-27-20/h4-12,22,29H,3H2,1-2H3. The topological polar surface area (TPSA) is 92.9 Å². The summed E-state index contributed by atoms with van der Waals surface area (Å²) in [6, 6.07) is 12.7. The number of aryl methyl sites for hydroxylation is 1. The number of pyridine rings is 1. The zero-order valence-corrected chi connectivity index (χ0v) is 19.4. The van der Waals surface area contributed by atoms with E-state index in [1.54, 1.807) is 42.6 Å². The van der Waals surface area contributed by atoms with Gasteiger partial charge in [-0.1, -0.05) is 28.1 Å². The molecule has 1 aliphatic heterocycles. The van der Waals surface area contributed by atoms with Gasteiger partial charge in [0.25, 0.3) is 5.91 Å². The van der Waals surface area contributed by atoms with Crippen molar-refractivity contribution in [3.63, 3.8) is 0 Å². The van der Waals surface area contributed by atoms with Gasteiger partial charge in [-0.15, -0.1) is 0 Å². The molecule has 33 heavy (non-hydrogen) atoms. The van der Waals surface area contributed by atoms with Gasteiger partial charge in [0.1, 0.15) is 11.4 Å². The number of anilines is 1. The minimum atomic E-state index is -0.804. The summed E-state index contributed by atoms with van der Waals surface area (Å²) in [5, 5.41) is 10.6. The Balaban J connectivity index is 1.80. The fourth-order valence-electron chi connectivity index (χ4n) is 4.07. The van der Waals surface area contributed by atoms with Crippen molar-refractivity contribution in [2.24, 2.45) is 0 Å². The van der Waals surface area contributed by atoms with E-state index in [0.29, 0.717) is 29.0 Å². The molecule has 0 spiro atoms. The molecule has 3 heterocycles. The van der Waals surface area contributed by atoms with Crippen molar-refractivity contribution in [1.29, 1.82) is 0 Å². The third-order valence-electron chi connectivity index (χ3n) is 5.57. The molecular weight excluding hydrogens is 488 g/mol. The van der Waals surface area contributed by atoms with Gasteiger partial charge < -0.3 is 14.3 Å². The number of carbonyl (C=O) groups is 1. The van der Waals surface area contributed by atoms with E-state index < -0.39 is 11.9 Å². The Morgan fingerprint density at radius 3 is 2.70 bits per heavy atom. The van der Waals surface area contributed by atoms with Crippen LogP contribution in [0.1, 0.15) is 40.2 Å². The lowest BCUT2D eigenvalue weighted by Gasteiger charge is -2.24. The van der Waals surface area contributed by atoms with Crippen LogP contribution in [-0.4, -0.2) is 22.6 Å². The average molecular weight is 507 g/mol. The van der Waals surface area contributed by atoms with Crippen molar-refractivity contribution in [2.75, 3.05) is 11.5 Å². The number of phenols is 1. The largest absolute Gasteiger partial charge is 0.504 e. The number of fused-ring (bicyclic) bond motifs is 2. The molecule has 0 bridgehead atoms. The molecule has 0 fully saturated rings. The third-order valence-corrected chi connectivity index (χ3v) is 6.07. The van der Waals surface area contributed by atoms with Crippen LogP contribution < -0.4 is 15.1 Å². The number of hydrogen-bond donors (Lipinski definition) is 1. The number of benzene rings is 2. The van der Waals surface area contributed by atoms with E-state index in [9.17, 15) is 14.7 Å². The van der Waals surface area contributed by atoms with E-state index >= 15 is 0 Å². The summed E-state index contributed by atoms with van der Waals surface area (Å²) in [5.41, 5.74) is 1.78. The summed E-state index contributed by atoms with van der Waals surface area (Å²) in [7, 11) is 0. The Morgan fingerprint density at radius 2 is 1.97 bits per heavy atom. The molecule has 2 aromatic heterocycles. The molecule has 5 rings (SSSR count). The van der Waals surface area contributed by atoms with E-state index in [4.69, 9.17) is 9.15 Å². The number of carbonyl (C=O) groups excluding carboxylic acids is 1. The van der Waals surface area contributed by atoms with Crippen molar-refractivity contribution >= 4 is 38.6 Å². The second kappa shape index (κ2) is 8.04. The first kappa shape index (κ1) is 21.2. The number of ether oxygens (including phenoxy) is 1. The Hall–Kier alpha value is -3.65. The Bertz CT molecular complexity index is 1460. The second-order valence-corrected chi connectivity index (χ2v) is 8.66. The van der Waals surface area contributed by atoms with Crippen LogP contribution in [-0.2, 0) is 0 Å². The molecule has 1 N–H and O–H groups in total. The van der Waals surface area contributed by atoms with Gasteiger partial charge in [0.15, 0.2) is 16.9 Å². The van der Waals surface area contributed by atoms with Gasteiger partial charge in [-0.25, -0.2) is 4.98 Å². The summed E-state index contributed by atoms with van der Waals surface area (Å²) < 4.78 is 12.2. The Kier molecular flexibility index (Phi) is 5.17. The van der Waals surface area contributed by atoms with Gasteiger partial charge in [0.05, 0.1) is 23.6 Å². The maximum Gasteiger partial charge on any atom is 0.296 e. The van der Waals surface area contributed by atoms with Crippen LogP contribution in [0.25, 0.3) is 11.0 Å². The molecule has 7 nitrogen and oxygen atoms in total. The fourth-order valence-corrected chi connectivity index (χ4v) is 4.43. The highest BCUT2D eigenvalue weighted by Gasteiger charge is 2.44. The molecule has 166 valence electrons. The van der Waals surface area contributed by atoms with Gasteiger partial charge in [-0.3, -0.25) is 14.5 Å². The van der Waals surface area contributed by atoms with E-state index in [-0.39, 0.29) is 28.3 Å². The summed E-state index contributed by atoms with van der Waals surface area (Å²) >= 11 is 3.40. The van der Waals surface area contributed by atoms with Gasteiger partial charge in [0, 0.05) is 10.7 Å². The monoisotopic (exact) mass is 506 g/mol. The van der Waals surface area contributed by atoms with Crippen molar-refractivity contribution in [1.82, 2.24) is 4.98 Å². The molecule has 8 heteroatoms. The zero-order chi connectivity index (χ0) is 23.3. The lowest BCUT2D eigenvalue weighted by Crippen LogP contribution is -2.30. The lowest BCUT2D eigenvalue weighted by atomic mass is 9.98. The van der Waals surface area contributed by atoms with E-state index in [1.807, 2.05) is 19.9 Å². The van der Waals surface area contributed by atoms with Crippen LogP contribution in [0.3, 0.4) is 0 Å². The molecule has 0 saturated carbocycles. The highest BCUT2D eigenvalue weighted by atomic mass is 79.9. The molecular formula is C25H19BrN2O5. The van der Waals surface area contributed by atoms with Crippen molar-refractivity contribution in [3.05, 3.63) is 91.9 Å². The number of rotatable bonds is 4. The smallest absolute Gasteiger partial charge is 0.296 e. The average Bonchev–Trinajstić information content (AvgIpc) is 3.09. The number of halogens is 1. The Morgan fingerprint density at radius 1 is 1.15 bits per heavy atom. The van der Waals surface area contributed by atoms with Gasteiger partial charge >= 0.3 is 0 Å². The quantitative estimate of drug-likeness (QED) is 0.413. The number of nitrogens with zero attached hydrogens (tertiary/aromatic N) is 2. The zero-order valence-electron chi connectivity index (χ0n) is 17.8. The van der Waals surface area contributed by atoms with Gasteiger partial charge in [-0.2, -0.15) is 0 Å². The molecule has 4 aromatic rings. The molecule has 0 saturated heterocycles. The molecule has 2 aromatic carbocycles. The second-order valence-electron chi connectivity index (χ2n) is 7.75. The van der Waals surface area contributed by atoms with Crippen LogP contribution in [0.5, 0.6) is 11.5 Å². The minimum absolute atomic E-state index is 0.0202. The van der Waals surface area contributed by atoms with Crippen LogP contribution in [0.2, 0.25) is 0 Å². The predicted molar refractivity (Wildman–Crippen MR) is 127 cm³/mol. The molecule has 1 unspecified atom stereocenters. The minimum Gasteiger partial charge on any atom is -0.504 e. The number of aromatic nitrogens is 1. The van der Waals surface area contributed by atoms with Gasteiger partial charge in [0.2, 0.25) is 5.76 Å². The first-order valence-corrected chi connectivity index (χ1v) is 11.2. The SMILES string of the molecule is CCOc1cc(C2c3c(oc4ccc(Br)cc4c3=O)C(=O)N2c2ccc(C)cn2)ccc1O. The maximum atomic E-state index is 13.6. The fraction of sp³-hybridized carbons (Fsp3) is 0.160. The molecule has 0 radical (unpaired) electrons. The Labute approximate surface area is 197 Å². The number of amides is 1. The van der Waals surface area contributed by atoms with Crippen molar-refractivity contribution < 1.29 is 19.1 Å². The maximum absolute atomic E-state index is 13.6. The number of phenolic OH excluding ortho intramolecular Hbond substituents is 1. The van der Waals surface area contributed by atoms with E-state index in [2.05, 4.69) is 20.9 Å². The van der Waals surface area contributed by atoms with Gasteiger partial charge in [-0.05, 0) is 61.4 Å². The lowest BCUT2D eigenvalue weighted by molar-refractivity contribution is 0.0970. The van der Waals surface area contributed by atoms with Crippen LogP contribution in [0.4, 0.5) is 5.82 Å². The van der Waals surface area contributed by atoms with Crippen molar-refractivity contribution in [3.8, 4) is 11.5 Å². The van der Waals surface area contributed by atoms with E-state index in [1.165, 1.54) is 11.0 Å². The molecule has 1 aliphatic rings. The highest BCUT2D eigenvalue weighted by Crippen LogP contribution is 2.42. The summed E-state index contributed by atoms with van der Waals surface area (Å²) in [6.45, 7) is 4.06. The van der Waals surface area contributed by atoms with Crippen LogP contribution in [0, 0.1) is 6.92 Å². The highest BCUT2D eigenvalue weighted by molar-refractivity contribution is 9.10. The number of hydrogen-bond acceptors (Lipinski definition) is 6.